The van der Waals surface area contributed by atoms with Crippen molar-refractivity contribution in [3.63, 3.8) is 0 Å². The summed E-state index contributed by atoms with van der Waals surface area (Å²) >= 11 is 0. The zero-order valence-electron chi connectivity index (χ0n) is 9.81. The fourth-order valence-corrected chi connectivity index (χ4v) is 4.99. The molecule has 2 saturated carbocycles. The standard InChI is InChI=1S/C14H20O/c1-10-4-7-13-5-3-6-14(10,13)9-12(15)8-11(13)2/h8,10H,3-7,9H2,1-2H3/t10?,13-,14-/m0/s1. The smallest absolute Gasteiger partial charge is 0.156 e. The van der Waals surface area contributed by atoms with Crippen molar-refractivity contribution in [2.45, 2.75) is 52.4 Å². The molecule has 1 nitrogen and oxygen atoms in total. The van der Waals surface area contributed by atoms with E-state index in [0.29, 0.717) is 16.6 Å². The summed E-state index contributed by atoms with van der Waals surface area (Å²) in [6.07, 6.45) is 9.43. The number of ketones is 1. The molecule has 2 fully saturated rings. The predicted octanol–water partition coefficient (Wildman–Crippen LogP) is 3.49. The Bertz CT molecular complexity index is 354. The van der Waals surface area contributed by atoms with Crippen LogP contribution in [-0.4, -0.2) is 5.78 Å². The van der Waals surface area contributed by atoms with Gasteiger partial charge in [-0.2, -0.15) is 0 Å². The van der Waals surface area contributed by atoms with Crippen molar-refractivity contribution in [1.29, 1.82) is 0 Å². The number of carbonyl (C=O) groups excluding carboxylic acids is 1. The Morgan fingerprint density at radius 2 is 2.13 bits per heavy atom. The Labute approximate surface area is 91.9 Å². The summed E-state index contributed by atoms with van der Waals surface area (Å²) < 4.78 is 0. The molecule has 3 atom stereocenters. The number of rotatable bonds is 0. The van der Waals surface area contributed by atoms with Crippen LogP contribution in [0.4, 0.5) is 0 Å². The Hall–Kier alpha value is -0.590. The quantitative estimate of drug-likeness (QED) is 0.590. The van der Waals surface area contributed by atoms with E-state index in [4.69, 9.17) is 0 Å². The van der Waals surface area contributed by atoms with E-state index >= 15 is 0 Å². The van der Waals surface area contributed by atoms with Gasteiger partial charge in [0, 0.05) is 6.42 Å². The van der Waals surface area contributed by atoms with Crippen LogP contribution in [0.2, 0.25) is 0 Å². The van der Waals surface area contributed by atoms with Crippen LogP contribution in [0.3, 0.4) is 0 Å². The van der Waals surface area contributed by atoms with Crippen molar-refractivity contribution in [2.75, 3.05) is 0 Å². The van der Waals surface area contributed by atoms with E-state index in [1.165, 1.54) is 37.7 Å². The van der Waals surface area contributed by atoms with E-state index in [2.05, 4.69) is 13.8 Å². The lowest BCUT2D eigenvalue weighted by Gasteiger charge is -2.46. The van der Waals surface area contributed by atoms with Gasteiger partial charge >= 0.3 is 0 Å². The summed E-state index contributed by atoms with van der Waals surface area (Å²) in [5.74, 6) is 1.14. The van der Waals surface area contributed by atoms with E-state index in [1.54, 1.807) is 0 Å². The summed E-state index contributed by atoms with van der Waals surface area (Å²) in [7, 11) is 0. The summed E-state index contributed by atoms with van der Waals surface area (Å²) in [6.45, 7) is 4.58. The van der Waals surface area contributed by atoms with Crippen LogP contribution in [-0.2, 0) is 4.79 Å². The molecule has 0 N–H and O–H groups in total. The fourth-order valence-electron chi connectivity index (χ4n) is 4.99. The number of carbonyl (C=O) groups is 1. The van der Waals surface area contributed by atoms with Crippen LogP contribution in [0.25, 0.3) is 0 Å². The highest BCUT2D eigenvalue weighted by molar-refractivity contribution is 5.92. The molecule has 0 saturated heterocycles. The average molecular weight is 204 g/mol. The lowest BCUT2D eigenvalue weighted by molar-refractivity contribution is -0.120. The molecule has 3 aliphatic rings. The molecule has 0 amide bonds. The molecule has 15 heavy (non-hydrogen) atoms. The first kappa shape index (κ1) is 9.62. The second kappa shape index (κ2) is 2.75. The molecule has 0 aromatic rings. The van der Waals surface area contributed by atoms with Gasteiger partial charge in [-0.3, -0.25) is 4.79 Å². The third-order valence-corrected chi connectivity index (χ3v) is 5.75. The van der Waals surface area contributed by atoms with Gasteiger partial charge in [-0.25, -0.2) is 0 Å². The SMILES string of the molecule is CC1=CC(=O)C[C@]23CCC[C@]12CCC3C. The number of hydrogen-bond acceptors (Lipinski definition) is 1. The summed E-state index contributed by atoms with van der Waals surface area (Å²) in [6, 6.07) is 0. The Kier molecular flexibility index (Phi) is 1.76. The molecule has 0 heterocycles. The van der Waals surface area contributed by atoms with Crippen molar-refractivity contribution in [3.05, 3.63) is 11.6 Å². The molecule has 1 unspecified atom stereocenters. The van der Waals surface area contributed by atoms with Gasteiger partial charge in [0.05, 0.1) is 0 Å². The molecular weight excluding hydrogens is 184 g/mol. The highest BCUT2D eigenvalue weighted by atomic mass is 16.1. The predicted molar refractivity (Wildman–Crippen MR) is 60.5 cm³/mol. The number of hydrogen-bond donors (Lipinski definition) is 0. The molecular formula is C14H20O. The lowest BCUT2D eigenvalue weighted by atomic mass is 9.57. The van der Waals surface area contributed by atoms with Crippen LogP contribution in [0.5, 0.6) is 0 Å². The van der Waals surface area contributed by atoms with Gasteiger partial charge in [-0.1, -0.05) is 18.9 Å². The monoisotopic (exact) mass is 204 g/mol. The highest BCUT2D eigenvalue weighted by Gasteiger charge is 2.63. The fraction of sp³-hybridized carbons (Fsp3) is 0.786. The van der Waals surface area contributed by atoms with Crippen LogP contribution in [0, 0.1) is 16.7 Å². The first-order chi connectivity index (χ1) is 7.11. The number of allylic oxidation sites excluding steroid dienone is 2. The molecule has 0 radical (unpaired) electrons. The maximum absolute atomic E-state index is 11.8. The van der Waals surface area contributed by atoms with Crippen molar-refractivity contribution in [2.24, 2.45) is 16.7 Å². The third kappa shape index (κ3) is 0.926. The maximum atomic E-state index is 11.8. The van der Waals surface area contributed by atoms with Gasteiger partial charge in [0.15, 0.2) is 5.78 Å². The summed E-state index contributed by atoms with van der Waals surface area (Å²) in [4.78, 5) is 11.8. The minimum atomic E-state index is 0.364. The molecule has 3 aliphatic carbocycles. The van der Waals surface area contributed by atoms with Gasteiger partial charge in [-0.15, -0.1) is 0 Å². The van der Waals surface area contributed by atoms with Gasteiger partial charge in [-0.05, 0) is 55.4 Å². The van der Waals surface area contributed by atoms with E-state index in [9.17, 15) is 4.79 Å². The first-order valence-corrected chi connectivity index (χ1v) is 6.32. The van der Waals surface area contributed by atoms with Gasteiger partial charge in [0.25, 0.3) is 0 Å². The van der Waals surface area contributed by atoms with Crippen LogP contribution in [0.15, 0.2) is 11.6 Å². The van der Waals surface area contributed by atoms with Gasteiger partial charge < -0.3 is 0 Å². The largest absolute Gasteiger partial charge is 0.295 e. The van der Waals surface area contributed by atoms with Crippen molar-refractivity contribution in [3.8, 4) is 0 Å². The third-order valence-electron chi connectivity index (χ3n) is 5.75. The zero-order valence-corrected chi connectivity index (χ0v) is 9.81. The second-order valence-corrected chi connectivity index (χ2v) is 6.00. The van der Waals surface area contributed by atoms with Crippen LogP contribution < -0.4 is 0 Å². The van der Waals surface area contributed by atoms with Crippen LogP contribution >= 0.6 is 0 Å². The Morgan fingerprint density at radius 3 is 2.93 bits per heavy atom. The van der Waals surface area contributed by atoms with Crippen molar-refractivity contribution < 1.29 is 4.79 Å². The maximum Gasteiger partial charge on any atom is 0.156 e. The van der Waals surface area contributed by atoms with E-state index in [-0.39, 0.29) is 0 Å². The molecule has 3 rings (SSSR count). The molecule has 1 heteroatoms. The molecule has 0 aromatic carbocycles. The lowest BCUT2D eigenvalue weighted by Crippen LogP contribution is -2.41. The topological polar surface area (TPSA) is 17.1 Å². The Balaban J connectivity index is 2.18. The van der Waals surface area contributed by atoms with Crippen molar-refractivity contribution in [1.82, 2.24) is 0 Å². The van der Waals surface area contributed by atoms with E-state index < -0.39 is 0 Å². The summed E-state index contributed by atoms with van der Waals surface area (Å²) in [5.41, 5.74) is 2.20. The molecule has 82 valence electrons. The highest BCUT2D eigenvalue weighted by Crippen LogP contribution is 2.71. The van der Waals surface area contributed by atoms with E-state index in [1.807, 2.05) is 6.08 Å². The first-order valence-electron chi connectivity index (χ1n) is 6.32. The molecule has 0 bridgehead atoms. The van der Waals surface area contributed by atoms with Gasteiger partial charge in [0.2, 0.25) is 0 Å². The van der Waals surface area contributed by atoms with Gasteiger partial charge in [0.1, 0.15) is 0 Å². The molecule has 0 aliphatic heterocycles. The minimum absolute atomic E-state index is 0.364. The average Bonchev–Trinajstić information content (AvgIpc) is 2.65. The normalized spacial score (nSPS) is 48.8. The second-order valence-electron chi connectivity index (χ2n) is 6.00. The molecule has 0 aromatic heterocycles. The van der Waals surface area contributed by atoms with Crippen LogP contribution in [0.1, 0.15) is 52.4 Å². The Morgan fingerprint density at radius 1 is 1.33 bits per heavy atom. The summed E-state index contributed by atoms with van der Waals surface area (Å²) in [5, 5.41) is 0. The zero-order chi connectivity index (χ0) is 10.7. The minimum Gasteiger partial charge on any atom is -0.295 e. The van der Waals surface area contributed by atoms with E-state index in [0.717, 1.165) is 12.3 Å². The molecule has 0 spiro atoms. The van der Waals surface area contributed by atoms with Crippen molar-refractivity contribution >= 4 is 5.78 Å².